The maximum Gasteiger partial charge on any atom is 0.221 e. The van der Waals surface area contributed by atoms with Gasteiger partial charge in [-0.2, -0.15) is 0 Å². The number of hydrogen-bond donors (Lipinski definition) is 2. The first kappa shape index (κ1) is 10.7. The maximum atomic E-state index is 11.2. The molecule has 5 heteroatoms. The van der Waals surface area contributed by atoms with Crippen LogP contribution in [0.2, 0.25) is 0 Å². The molecule has 0 spiro atoms. The van der Waals surface area contributed by atoms with Gasteiger partial charge in [-0.1, -0.05) is 0 Å². The van der Waals surface area contributed by atoms with E-state index < -0.39 is 0 Å². The number of rotatable bonds is 4. The van der Waals surface area contributed by atoms with Gasteiger partial charge in [-0.25, -0.2) is 4.98 Å². The Morgan fingerprint density at radius 1 is 1.79 bits per heavy atom. The molecule has 1 atom stereocenters. The fourth-order valence-corrected chi connectivity index (χ4v) is 1.02. The van der Waals surface area contributed by atoms with Gasteiger partial charge in [0.15, 0.2) is 0 Å². The van der Waals surface area contributed by atoms with Crippen LogP contribution in [0.3, 0.4) is 0 Å². The smallest absolute Gasteiger partial charge is 0.221 e. The second kappa shape index (κ2) is 4.76. The van der Waals surface area contributed by atoms with Crippen molar-refractivity contribution in [3.05, 3.63) is 17.8 Å². The molecule has 0 aliphatic rings. The summed E-state index contributed by atoms with van der Waals surface area (Å²) in [4.78, 5) is 15.1. The highest BCUT2D eigenvalue weighted by molar-refractivity contribution is 5.76. The van der Waals surface area contributed by atoms with Crippen LogP contribution in [-0.2, 0) is 11.3 Å². The van der Waals surface area contributed by atoms with Crippen LogP contribution >= 0.6 is 0 Å². The van der Waals surface area contributed by atoms with Crippen LogP contribution in [0, 0.1) is 6.92 Å². The first-order valence-electron chi connectivity index (χ1n) is 4.51. The molecule has 1 amide bonds. The van der Waals surface area contributed by atoms with Gasteiger partial charge < -0.3 is 15.5 Å². The molecule has 3 N–H and O–H groups in total. The van der Waals surface area contributed by atoms with Crippen molar-refractivity contribution < 1.29 is 9.21 Å². The third kappa shape index (κ3) is 3.57. The lowest BCUT2D eigenvalue weighted by Gasteiger charge is -2.04. The number of oxazole rings is 1. The van der Waals surface area contributed by atoms with Crippen LogP contribution in [0.5, 0.6) is 0 Å². The third-order valence-electron chi connectivity index (χ3n) is 1.61. The van der Waals surface area contributed by atoms with Gasteiger partial charge in [-0.3, -0.25) is 4.79 Å². The Balaban J connectivity index is 2.30. The van der Waals surface area contributed by atoms with Gasteiger partial charge in [0.1, 0.15) is 5.76 Å². The Labute approximate surface area is 82.7 Å². The van der Waals surface area contributed by atoms with Crippen molar-refractivity contribution >= 4 is 5.91 Å². The normalized spacial score (nSPS) is 12.5. The summed E-state index contributed by atoms with van der Waals surface area (Å²) in [6.07, 6.45) is 1.94. The van der Waals surface area contributed by atoms with Gasteiger partial charge in [0, 0.05) is 12.5 Å². The zero-order valence-electron chi connectivity index (χ0n) is 8.41. The molecule has 14 heavy (non-hydrogen) atoms. The number of hydrogen-bond acceptors (Lipinski definition) is 4. The molecule has 1 rings (SSSR count). The summed E-state index contributed by atoms with van der Waals surface area (Å²) >= 11 is 0. The summed E-state index contributed by atoms with van der Waals surface area (Å²) in [5, 5.41) is 2.67. The molecular weight excluding hydrogens is 182 g/mol. The van der Waals surface area contributed by atoms with Crippen molar-refractivity contribution in [2.45, 2.75) is 32.9 Å². The minimum absolute atomic E-state index is 0.0872. The van der Waals surface area contributed by atoms with Gasteiger partial charge >= 0.3 is 0 Å². The highest BCUT2D eigenvalue weighted by Gasteiger charge is 2.06. The van der Waals surface area contributed by atoms with Crippen molar-refractivity contribution in [2.24, 2.45) is 5.73 Å². The van der Waals surface area contributed by atoms with E-state index >= 15 is 0 Å². The molecule has 1 aromatic heterocycles. The van der Waals surface area contributed by atoms with Crippen LogP contribution in [0.25, 0.3) is 0 Å². The molecule has 0 saturated heterocycles. The van der Waals surface area contributed by atoms with Crippen molar-refractivity contribution in [3.63, 3.8) is 0 Å². The average Bonchev–Trinajstić information content (AvgIpc) is 2.47. The van der Waals surface area contributed by atoms with Crippen LogP contribution in [0.15, 0.2) is 10.6 Å². The summed E-state index contributed by atoms with van der Waals surface area (Å²) in [6, 6.07) is -0.124. The quantitative estimate of drug-likeness (QED) is 0.729. The summed E-state index contributed by atoms with van der Waals surface area (Å²) in [7, 11) is 0. The van der Waals surface area contributed by atoms with E-state index in [2.05, 4.69) is 10.3 Å². The number of aryl methyl sites for hydroxylation is 1. The largest absolute Gasteiger partial charge is 0.444 e. The topological polar surface area (TPSA) is 81.2 Å². The third-order valence-corrected chi connectivity index (χ3v) is 1.61. The number of carbonyl (C=O) groups excluding carboxylic acids is 1. The van der Waals surface area contributed by atoms with E-state index in [4.69, 9.17) is 10.2 Å². The Morgan fingerprint density at radius 3 is 3.00 bits per heavy atom. The zero-order valence-corrected chi connectivity index (χ0v) is 8.41. The lowest BCUT2D eigenvalue weighted by molar-refractivity contribution is -0.121. The van der Waals surface area contributed by atoms with Crippen LogP contribution < -0.4 is 11.1 Å². The Kier molecular flexibility index (Phi) is 3.64. The number of nitrogens with two attached hydrogens (primary N) is 1. The zero-order chi connectivity index (χ0) is 10.6. The minimum atomic E-state index is -0.124. The van der Waals surface area contributed by atoms with Crippen LogP contribution in [0.4, 0.5) is 0 Å². The maximum absolute atomic E-state index is 11.2. The molecule has 0 bridgehead atoms. The first-order valence-corrected chi connectivity index (χ1v) is 4.51. The average molecular weight is 197 g/mol. The number of amides is 1. The molecule has 1 aromatic rings. The minimum Gasteiger partial charge on any atom is -0.444 e. The number of nitrogens with one attached hydrogen (secondary N) is 1. The molecule has 0 fully saturated rings. The second-order valence-electron chi connectivity index (χ2n) is 3.32. The molecule has 0 aromatic carbocycles. The van der Waals surface area contributed by atoms with Gasteiger partial charge in [-0.05, 0) is 13.8 Å². The summed E-state index contributed by atoms with van der Waals surface area (Å²) in [6.45, 7) is 3.91. The van der Waals surface area contributed by atoms with E-state index in [9.17, 15) is 4.79 Å². The summed E-state index contributed by atoms with van der Waals surface area (Å²) in [5.41, 5.74) is 5.47. The molecule has 0 saturated carbocycles. The molecule has 0 aliphatic carbocycles. The fraction of sp³-hybridized carbons (Fsp3) is 0.556. The second-order valence-corrected chi connectivity index (χ2v) is 3.32. The Bertz CT molecular complexity index is 307. The van der Waals surface area contributed by atoms with Crippen molar-refractivity contribution in [1.82, 2.24) is 10.3 Å². The Morgan fingerprint density at radius 2 is 2.50 bits per heavy atom. The lowest BCUT2D eigenvalue weighted by atomic mass is 10.2. The van der Waals surface area contributed by atoms with Gasteiger partial charge in [0.05, 0.1) is 12.7 Å². The van der Waals surface area contributed by atoms with Gasteiger partial charge in [0.25, 0.3) is 0 Å². The lowest BCUT2D eigenvalue weighted by Crippen LogP contribution is -2.29. The molecule has 1 heterocycles. The highest BCUT2D eigenvalue weighted by Crippen LogP contribution is 2.00. The van der Waals surface area contributed by atoms with E-state index in [0.717, 1.165) is 5.76 Å². The van der Waals surface area contributed by atoms with Crippen molar-refractivity contribution in [3.8, 4) is 0 Å². The van der Waals surface area contributed by atoms with Gasteiger partial charge in [0.2, 0.25) is 11.8 Å². The fourth-order valence-electron chi connectivity index (χ4n) is 1.02. The number of carbonyl (C=O) groups is 1. The van der Waals surface area contributed by atoms with Crippen LogP contribution in [0.1, 0.15) is 25.0 Å². The monoisotopic (exact) mass is 197 g/mol. The van der Waals surface area contributed by atoms with E-state index in [1.54, 1.807) is 20.0 Å². The predicted molar refractivity (Wildman–Crippen MR) is 51.4 cm³/mol. The SMILES string of the molecule is Cc1cnc(CNC(=O)CC(C)N)o1. The van der Waals surface area contributed by atoms with E-state index in [1.807, 2.05) is 0 Å². The van der Waals surface area contributed by atoms with Gasteiger partial charge in [-0.15, -0.1) is 0 Å². The molecule has 78 valence electrons. The van der Waals surface area contributed by atoms with E-state index in [1.165, 1.54) is 0 Å². The van der Waals surface area contributed by atoms with E-state index in [-0.39, 0.29) is 11.9 Å². The van der Waals surface area contributed by atoms with Crippen LogP contribution in [-0.4, -0.2) is 16.9 Å². The highest BCUT2D eigenvalue weighted by atomic mass is 16.4. The molecule has 1 unspecified atom stereocenters. The van der Waals surface area contributed by atoms with Crippen molar-refractivity contribution in [2.75, 3.05) is 0 Å². The molecule has 5 nitrogen and oxygen atoms in total. The molecule has 0 radical (unpaired) electrons. The predicted octanol–water partition coefficient (Wildman–Crippen LogP) is 0.337. The first-order chi connectivity index (χ1) is 6.58. The number of nitrogens with zero attached hydrogens (tertiary/aromatic N) is 1. The molecule has 0 aliphatic heterocycles. The van der Waals surface area contributed by atoms with E-state index in [0.29, 0.717) is 18.9 Å². The summed E-state index contributed by atoms with van der Waals surface area (Å²) in [5.74, 6) is 1.16. The Hall–Kier alpha value is -1.36. The van der Waals surface area contributed by atoms with Crippen molar-refractivity contribution in [1.29, 1.82) is 0 Å². The summed E-state index contributed by atoms with van der Waals surface area (Å²) < 4.78 is 5.18. The molecular formula is C9H15N3O2. The standard InChI is InChI=1S/C9H15N3O2/c1-6(10)3-8(13)11-5-9-12-4-7(2)14-9/h4,6H,3,5,10H2,1-2H3,(H,11,13). The number of aromatic nitrogens is 1.